The van der Waals surface area contributed by atoms with E-state index in [0.717, 1.165) is 5.56 Å². The number of benzene rings is 2. The number of halogens is 4. The molecule has 0 amide bonds. The molecule has 9 heteroatoms. The molecule has 1 saturated heterocycles. The van der Waals surface area contributed by atoms with Crippen LogP contribution in [0.3, 0.4) is 0 Å². The Morgan fingerprint density at radius 2 is 1.50 bits per heavy atom. The second-order valence-corrected chi connectivity index (χ2v) is 8.59. The molecule has 162 valence electrons. The predicted octanol–water partition coefficient (Wildman–Crippen LogP) is 5.68. The van der Waals surface area contributed by atoms with Crippen LogP contribution >= 0.6 is 11.6 Å². The summed E-state index contributed by atoms with van der Waals surface area (Å²) in [5.74, 6) is -0.509. The van der Waals surface area contributed by atoms with Crippen molar-refractivity contribution in [2.75, 3.05) is 0 Å². The van der Waals surface area contributed by atoms with Gasteiger partial charge in [-0.1, -0.05) is 29.8 Å². The Hall–Kier alpha value is -1.90. The molecule has 2 aromatic rings. The summed E-state index contributed by atoms with van der Waals surface area (Å²) in [4.78, 5) is 0. The normalized spacial score (nSPS) is 18.9. The molecule has 0 N–H and O–H groups in total. The van der Waals surface area contributed by atoms with E-state index in [9.17, 15) is 13.2 Å². The van der Waals surface area contributed by atoms with Gasteiger partial charge < -0.3 is 18.8 Å². The second kappa shape index (κ2) is 7.98. The Morgan fingerprint density at radius 3 is 2.03 bits per heavy atom. The smallest absolute Gasteiger partial charge is 0.482 e. The molecule has 0 bridgehead atoms. The third-order valence-electron chi connectivity index (χ3n) is 5.36. The number of ether oxygens (including phenoxy) is 2. The average molecular weight is 443 g/mol. The molecule has 2 aromatic carbocycles. The molecule has 1 fully saturated rings. The van der Waals surface area contributed by atoms with Crippen LogP contribution < -0.4 is 14.9 Å². The summed E-state index contributed by atoms with van der Waals surface area (Å²) in [5.41, 5.74) is -0.0890. The van der Waals surface area contributed by atoms with Gasteiger partial charge in [-0.15, -0.1) is 13.2 Å². The fraction of sp³-hybridized carbons (Fsp3) is 0.429. The van der Waals surface area contributed by atoms with Gasteiger partial charge in [-0.2, -0.15) is 0 Å². The number of rotatable bonds is 5. The third-order valence-corrected chi connectivity index (χ3v) is 5.61. The van der Waals surface area contributed by atoms with Gasteiger partial charge in [0.2, 0.25) is 0 Å². The van der Waals surface area contributed by atoms with Crippen molar-refractivity contribution in [2.24, 2.45) is 0 Å². The van der Waals surface area contributed by atoms with Gasteiger partial charge in [0.1, 0.15) is 6.10 Å². The van der Waals surface area contributed by atoms with Crippen molar-refractivity contribution in [3.05, 3.63) is 53.1 Å². The Kier molecular flexibility index (Phi) is 6.06. The van der Waals surface area contributed by atoms with Crippen LogP contribution in [0.2, 0.25) is 5.02 Å². The molecule has 0 unspecified atom stereocenters. The highest BCUT2D eigenvalue weighted by atomic mass is 35.5. The second-order valence-electron chi connectivity index (χ2n) is 8.15. The minimum atomic E-state index is -4.88. The van der Waals surface area contributed by atoms with Crippen LogP contribution in [-0.4, -0.2) is 24.7 Å². The van der Waals surface area contributed by atoms with Gasteiger partial charge >= 0.3 is 13.5 Å². The summed E-state index contributed by atoms with van der Waals surface area (Å²) >= 11 is 5.88. The Morgan fingerprint density at radius 1 is 0.933 bits per heavy atom. The van der Waals surface area contributed by atoms with Crippen molar-refractivity contribution in [2.45, 2.75) is 58.3 Å². The van der Waals surface area contributed by atoms with Gasteiger partial charge in [-0.25, -0.2) is 0 Å². The molecule has 30 heavy (non-hydrogen) atoms. The largest absolute Gasteiger partial charge is 0.573 e. The van der Waals surface area contributed by atoms with Gasteiger partial charge in [0.25, 0.3) is 0 Å². The van der Waals surface area contributed by atoms with Gasteiger partial charge in [-0.3, -0.25) is 0 Å². The van der Waals surface area contributed by atoms with Crippen LogP contribution in [0.1, 0.15) is 46.3 Å². The van der Waals surface area contributed by atoms with E-state index in [0.29, 0.717) is 10.5 Å². The lowest BCUT2D eigenvalue weighted by Crippen LogP contribution is -2.41. The Balaban J connectivity index is 1.89. The van der Waals surface area contributed by atoms with E-state index in [4.69, 9.17) is 25.6 Å². The van der Waals surface area contributed by atoms with E-state index >= 15 is 0 Å². The molecule has 4 nitrogen and oxygen atoms in total. The fourth-order valence-corrected chi connectivity index (χ4v) is 3.07. The number of alkyl halides is 3. The van der Waals surface area contributed by atoms with E-state index in [1.807, 2.05) is 27.7 Å². The molecule has 0 spiro atoms. The third kappa shape index (κ3) is 5.05. The van der Waals surface area contributed by atoms with Crippen molar-refractivity contribution in [1.29, 1.82) is 0 Å². The SMILES string of the molecule is C[C@@H](Oc1ccc(B2OC(C)(C)C(C)(C)O2)cc1OC(F)(F)F)c1ccc(Cl)cc1. The summed E-state index contributed by atoms with van der Waals surface area (Å²) in [5, 5.41) is 0.554. The van der Waals surface area contributed by atoms with E-state index < -0.39 is 36.5 Å². The van der Waals surface area contributed by atoms with Crippen molar-refractivity contribution in [3.63, 3.8) is 0 Å². The topological polar surface area (TPSA) is 36.9 Å². The molecular formula is C21H23BClF3O4. The van der Waals surface area contributed by atoms with Gasteiger partial charge in [0.15, 0.2) is 11.5 Å². The van der Waals surface area contributed by atoms with Crippen molar-refractivity contribution in [3.8, 4) is 11.5 Å². The standard InChI is InChI=1S/C21H23BClF3O4/c1-13(14-6-9-16(23)10-7-14)27-17-11-8-15(12-18(17)28-21(24,25)26)22-29-19(2,3)20(4,5)30-22/h6-13H,1-5H3/t13-/m1/s1. The lowest BCUT2D eigenvalue weighted by atomic mass is 9.79. The molecule has 1 atom stereocenters. The molecular weight excluding hydrogens is 419 g/mol. The molecule has 0 radical (unpaired) electrons. The van der Waals surface area contributed by atoms with Crippen LogP contribution in [0, 0.1) is 0 Å². The number of hydrogen-bond acceptors (Lipinski definition) is 4. The quantitative estimate of drug-likeness (QED) is 0.559. The van der Waals surface area contributed by atoms with Crippen LogP contribution in [-0.2, 0) is 9.31 Å². The lowest BCUT2D eigenvalue weighted by molar-refractivity contribution is -0.275. The Bertz CT molecular complexity index is 884. The highest BCUT2D eigenvalue weighted by Crippen LogP contribution is 2.38. The molecule has 0 aromatic heterocycles. The summed E-state index contributed by atoms with van der Waals surface area (Å²) in [6, 6.07) is 11.1. The lowest BCUT2D eigenvalue weighted by Gasteiger charge is -2.32. The molecule has 1 aliphatic rings. The maximum absolute atomic E-state index is 13.0. The minimum absolute atomic E-state index is 0.0463. The molecule has 0 aliphatic carbocycles. The molecule has 1 heterocycles. The van der Waals surface area contributed by atoms with Crippen LogP contribution in [0.4, 0.5) is 13.2 Å². The van der Waals surface area contributed by atoms with E-state index in [1.165, 1.54) is 12.1 Å². The van der Waals surface area contributed by atoms with Crippen LogP contribution in [0.5, 0.6) is 11.5 Å². The summed E-state index contributed by atoms with van der Waals surface area (Å²) < 4.78 is 60.9. The van der Waals surface area contributed by atoms with Crippen LogP contribution in [0.25, 0.3) is 0 Å². The minimum Gasteiger partial charge on any atom is -0.482 e. The molecule has 0 saturated carbocycles. The summed E-state index contributed by atoms with van der Waals surface area (Å²) in [7, 11) is -0.826. The first kappa shape index (κ1) is 22.8. The Labute approximate surface area is 179 Å². The maximum Gasteiger partial charge on any atom is 0.573 e. The average Bonchev–Trinajstić information content (AvgIpc) is 2.83. The molecule has 3 rings (SSSR count). The van der Waals surface area contributed by atoms with Gasteiger partial charge in [0.05, 0.1) is 11.2 Å². The summed E-state index contributed by atoms with van der Waals surface area (Å²) in [6.07, 6.45) is -5.41. The van der Waals surface area contributed by atoms with Crippen molar-refractivity contribution < 1.29 is 32.0 Å². The molecule has 1 aliphatic heterocycles. The van der Waals surface area contributed by atoms with E-state index in [-0.39, 0.29) is 5.75 Å². The zero-order valence-corrected chi connectivity index (χ0v) is 18.1. The first-order valence-electron chi connectivity index (χ1n) is 9.45. The first-order valence-corrected chi connectivity index (χ1v) is 9.83. The van der Waals surface area contributed by atoms with Crippen molar-refractivity contribution in [1.82, 2.24) is 0 Å². The predicted molar refractivity (Wildman–Crippen MR) is 109 cm³/mol. The highest BCUT2D eigenvalue weighted by Gasteiger charge is 2.52. The zero-order chi connectivity index (χ0) is 22.3. The van der Waals surface area contributed by atoms with E-state index in [2.05, 4.69) is 4.74 Å². The number of hydrogen-bond donors (Lipinski definition) is 0. The monoisotopic (exact) mass is 442 g/mol. The van der Waals surface area contributed by atoms with Crippen LogP contribution in [0.15, 0.2) is 42.5 Å². The van der Waals surface area contributed by atoms with Gasteiger partial charge in [-0.05, 0) is 69.9 Å². The van der Waals surface area contributed by atoms with Crippen molar-refractivity contribution >= 4 is 24.2 Å². The zero-order valence-electron chi connectivity index (χ0n) is 17.3. The van der Waals surface area contributed by atoms with E-state index in [1.54, 1.807) is 37.3 Å². The van der Waals surface area contributed by atoms with Gasteiger partial charge in [0, 0.05) is 5.02 Å². The fourth-order valence-electron chi connectivity index (χ4n) is 2.94. The first-order chi connectivity index (χ1) is 13.8. The highest BCUT2D eigenvalue weighted by molar-refractivity contribution is 6.62. The summed E-state index contributed by atoms with van der Waals surface area (Å²) in [6.45, 7) is 9.19. The maximum atomic E-state index is 13.0.